The number of rotatable bonds is 5. The van der Waals surface area contributed by atoms with Crippen LogP contribution in [0.1, 0.15) is 41.1 Å². The van der Waals surface area contributed by atoms with E-state index >= 15 is 0 Å². The zero-order valence-corrected chi connectivity index (χ0v) is 14.5. The summed E-state index contributed by atoms with van der Waals surface area (Å²) >= 11 is 0. The Bertz CT molecular complexity index is 613. The van der Waals surface area contributed by atoms with E-state index < -0.39 is 5.97 Å². The third-order valence-corrected chi connectivity index (χ3v) is 5.12. The smallest absolute Gasteiger partial charge is 0.335 e. The Hall–Kier alpha value is -1.92. The monoisotopic (exact) mass is 346 g/mol. The van der Waals surface area contributed by atoms with Crippen molar-refractivity contribution >= 4 is 11.9 Å². The minimum Gasteiger partial charge on any atom is -0.478 e. The Morgan fingerprint density at radius 1 is 1.20 bits per heavy atom. The van der Waals surface area contributed by atoms with Crippen LogP contribution in [0.3, 0.4) is 0 Å². The molecule has 1 aromatic rings. The Balaban J connectivity index is 1.56. The van der Waals surface area contributed by atoms with Gasteiger partial charge in [0.25, 0.3) is 0 Å². The fourth-order valence-electron chi connectivity index (χ4n) is 3.64. The van der Waals surface area contributed by atoms with Gasteiger partial charge in [-0.05, 0) is 30.5 Å². The molecule has 2 aliphatic heterocycles. The van der Waals surface area contributed by atoms with E-state index in [9.17, 15) is 9.59 Å². The quantitative estimate of drug-likeness (QED) is 0.881. The molecule has 1 unspecified atom stereocenters. The fourth-order valence-corrected chi connectivity index (χ4v) is 3.64. The standard InChI is InChI=1S/C19H26N2O4/c22-18(6-8-20-9-11-25-12-10-20)21-7-2-5-17(14-21)15-3-1-4-16(13-15)19(23)24/h1,3-4,13,17H,2,5-12,14H2,(H,23,24). The summed E-state index contributed by atoms with van der Waals surface area (Å²) in [5, 5.41) is 9.16. The zero-order valence-electron chi connectivity index (χ0n) is 14.5. The molecule has 6 nitrogen and oxygen atoms in total. The minimum absolute atomic E-state index is 0.200. The van der Waals surface area contributed by atoms with Gasteiger partial charge in [0.15, 0.2) is 0 Å². The van der Waals surface area contributed by atoms with Crippen molar-refractivity contribution in [2.75, 3.05) is 45.9 Å². The van der Waals surface area contributed by atoms with Gasteiger partial charge in [0.2, 0.25) is 5.91 Å². The molecule has 2 saturated heterocycles. The largest absolute Gasteiger partial charge is 0.478 e. The first-order chi connectivity index (χ1) is 12.1. The lowest BCUT2D eigenvalue weighted by Gasteiger charge is -2.34. The number of amides is 1. The summed E-state index contributed by atoms with van der Waals surface area (Å²) in [6.45, 7) is 5.58. The van der Waals surface area contributed by atoms with Gasteiger partial charge in [0.1, 0.15) is 0 Å². The molecule has 1 aromatic carbocycles. The van der Waals surface area contributed by atoms with Gasteiger partial charge in [-0.3, -0.25) is 9.69 Å². The van der Waals surface area contributed by atoms with Crippen molar-refractivity contribution in [1.29, 1.82) is 0 Å². The summed E-state index contributed by atoms with van der Waals surface area (Å²) in [7, 11) is 0. The molecule has 1 atom stereocenters. The van der Waals surface area contributed by atoms with E-state index in [1.54, 1.807) is 18.2 Å². The lowest BCUT2D eigenvalue weighted by Crippen LogP contribution is -2.42. The van der Waals surface area contributed by atoms with Gasteiger partial charge < -0.3 is 14.7 Å². The molecule has 0 saturated carbocycles. The van der Waals surface area contributed by atoms with E-state index in [0.29, 0.717) is 18.5 Å². The van der Waals surface area contributed by atoms with Gasteiger partial charge in [-0.1, -0.05) is 12.1 Å². The molecule has 2 aliphatic rings. The van der Waals surface area contributed by atoms with Crippen LogP contribution in [0, 0.1) is 0 Å². The van der Waals surface area contributed by atoms with Crippen molar-refractivity contribution in [1.82, 2.24) is 9.80 Å². The third kappa shape index (κ3) is 4.80. The maximum atomic E-state index is 12.6. The SMILES string of the molecule is O=C(O)c1cccc(C2CCCN(C(=O)CCN3CCOCC3)C2)c1. The molecule has 6 heteroatoms. The molecule has 0 radical (unpaired) electrons. The van der Waals surface area contributed by atoms with Crippen molar-refractivity contribution < 1.29 is 19.4 Å². The van der Waals surface area contributed by atoms with Crippen molar-refractivity contribution in [3.63, 3.8) is 0 Å². The predicted molar refractivity (Wildman–Crippen MR) is 93.8 cm³/mol. The van der Waals surface area contributed by atoms with Gasteiger partial charge in [-0.15, -0.1) is 0 Å². The highest BCUT2D eigenvalue weighted by atomic mass is 16.5. The fraction of sp³-hybridized carbons (Fsp3) is 0.579. The van der Waals surface area contributed by atoms with Crippen LogP contribution in [-0.2, 0) is 9.53 Å². The number of aromatic carboxylic acids is 1. The zero-order chi connectivity index (χ0) is 17.6. The molecule has 136 valence electrons. The summed E-state index contributed by atoms with van der Waals surface area (Å²) < 4.78 is 5.33. The van der Waals surface area contributed by atoms with E-state index in [4.69, 9.17) is 9.84 Å². The normalized spacial score (nSPS) is 21.9. The molecule has 1 amide bonds. The summed E-state index contributed by atoms with van der Waals surface area (Å²) in [5.41, 5.74) is 1.33. The predicted octanol–water partition coefficient (Wildman–Crippen LogP) is 1.81. The summed E-state index contributed by atoms with van der Waals surface area (Å²) in [4.78, 5) is 28.0. The number of carbonyl (C=O) groups excluding carboxylic acids is 1. The molecule has 0 aliphatic carbocycles. The molecule has 2 heterocycles. The highest BCUT2D eigenvalue weighted by Gasteiger charge is 2.25. The second-order valence-electron chi connectivity index (χ2n) is 6.81. The maximum absolute atomic E-state index is 12.6. The number of carboxylic acid groups (broad SMARTS) is 1. The Morgan fingerprint density at radius 2 is 2.00 bits per heavy atom. The highest BCUT2D eigenvalue weighted by molar-refractivity contribution is 5.87. The van der Waals surface area contributed by atoms with Crippen molar-refractivity contribution in [3.8, 4) is 0 Å². The second-order valence-corrected chi connectivity index (χ2v) is 6.81. The molecule has 3 rings (SSSR count). The molecule has 25 heavy (non-hydrogen) atoms. The van der Waals surface area contributed by atoms with Crippen LogP contribution in [0.2, 0.25) is 0 Å². The first-order valence-corrected chi connectivity index (χ1v) is 9.04. The van der Waals surface area contributed by atoms with Crippen LogP contribution >= 0.6 is 0 Å². The highest BCUT2D eigenvalue weighted by Crippen LogP contribution is 2.28. The Labute approximate surface area is 148 Å². The minimum atomic E-state index is -0.906. The third-order valence-electron chi connectivity index (χ3n) is 5.12. The summed E-state index contributed by atoms with van der Waals surface area (Å²) in [6.07, 6.45) is 2.50. The first-order valence-electron chi connectivity index (χ1n) is 9.04. The van der Waals surface area contributed by atoms with Crippen LogP contribution in [0.5, 0.6) is 0 Å². The van der Waals surface area contributed by atoms with E-state index in [2.05, 4.69) is 4.90 Å². The molecule has 0 aromatic heterocycles. The average molecular weight is 346 g/mol. The number of nitrogens with zero attached hydrogens (tertiary/aromatic N) is 2. The molecular weight excluding hydrogens is 320 g/mol. The van der Waals surface area contributed by atoms with Crippen molar-refractivity contribution in [3.05, 3.63) is 35.4 Å². The number of ether oxygens (including phenoxy) is 1. The maximum Gasteiger partial charge on any atom is 0.335 e. The number of carboxylic acids is 1. The lowest BCUT2D eigenvalue weighted by molar-refractivity contribution is -0.133. The summed E-state index contributed by atoms with van der Waals surface area (Å²) in [5.74, 6) is -0.484. The number of hydrogen-bond donors (Lipinski definition) is 1. The van der Waals surface area contributed by atoms with Crippen LogP contribution in [0.25, 0.3) is 0 Å². The van der Waals surface area contributed by atoms with Crippen molar-refractivity contribution in [2.45, 2.75) is 25.2 Å². The second kappa shape index (κ2) is 8.45. The van der Waals surface area contributed by atoms with Crippen molar-refractivity contribution in [2.24, 2.45) is 0 Å². The molecule has 1 N–H and O–H groups in total. The molecule has 0 bridgehead atoms. The number of benzene rings is 1. The van der Waals surface area contributed by atoms with Gasteiger partial charge in [0, 0.05) is 45.1 Å². The van der Waals surface area contributed by atoms with Gasteiger partial charge in [-0.2, -0.15) is 0 Å². The lowest BCUT2D eigenvalue weighted by atomic mass is 9.89. The van der Waals surface area contributed by atoms with Crippen LogP contribution in [0.4, 0.5) is 0 Å². The topological polar surface area (TPSA) is 70.1 Å². The average Bonchev–Trinajstić information content (AvgIpc) is 2.67. The van der Waals surface area contributed by atoms with E-state index in [0.717, 1.165) is 57.8 Å². The van der Waals surface area contributed by atoms with E-state index in [-0.39, 0.29) is 11.8 Å². The first kappa shape index (κ1) is 17.9. The Morgan fingerprint density at radius 3 is 2.76 bits per heavy atom. The molecular formula is C19H26N2O4. The Kier molecular flexibility index (Phi) is 6.04. The number of hydrogen-bond acceptors (Lipinski definition) is 4. The molecule has 0 spiro atoms. The number of morpholine rings is 1. The number of likely N-dealkylation sites (tertiary alicyclic amines) is 1. The number of piperidine rings is 1. The summed E-state index contributed by atoms with van der Waals surface area (Å²) in [6, 6.07) is 7.12. The van der Waals surface area contributed by atoms with Gasteiger partial charge in [0.05, 0.1) is 18.8 Å². The van der Waals surface area contributed by atoms with E-state index in [1.807, 2.05) is 11.0 Å². The van der Waals surface area contributed by atoms with Gasteiger partial charge >= 0.3 is 5.97 Å². The van der Waals surface area contributed by atoms with Gasteiger partial charge in [-0.25, -0.2) is 4.79 Å². The van der Waals surface area contributed by atoms with Crippen LogP contribution in [0.15, 0.2) is 24.3 Å². The number of carbonyl (C=O) groups is 2. The van der Waals surface area contributed by atoms with Crippen LogP contribution in [-0.4, -0.2) is 72.7 Å². The van der Waals surface area contributed by atoms with Crippen LogP contribution < -0.4 is 0 Å². The van der Waals surface area contributed by atoms with E-state index in [1.165, 1.54) is 0 Å². The molecule has 2 fully saturated rings.